The van der Waals surface area contributed by atoms with Crippen LogP contribution in [0.15, 0.2) is 12.2 Å². The molecule has 4 N–H and O–H groups in total. The summed E-state index contributed by atoms with van der Waals surface area (Å²) in [6, 6.07) is -0.815. The summed E-state index contributed by atoms with van der Waals surface area (Å²) in [5.41, 5.74) is 0. The number of allylic oxidation sites excluding steroid dienone is 2. The van der Waals surface area contributed by atoms with Crippen LogP contribution in [0.25, 0.3) is 0 Å². The van der Waals surface area contributed by atoms with Crippen molar-refractivity contribution in [2.75, 3.05) is 6.61 Å². The molecular weight excluding hydrogens is 594 g/mol. The Hall–Kier alpha value is -0.910. The number of carbonyl (C=O) groups is 1. The van der Waals surface area contributed by atoms with Crippen molar-refractivity contribution in [3.05, 3.63) is 12.2 Å². The average Bonchev–Trinajstić information content (AvgIpc) is 3.09. The molecule has 0 aromatic carbocycles. The predicted octanol–water partition coefficient (Wildman–Crippen LogP) is 12.0. The Bertz CT molecular complexity index is 669. The van der Waals surface area contributed by atoms with Crippen LogP contribution in [0.3, 0.4) is 0 Å². The summed E-state index contributed by atoms with van der Waals surface area (Å²) in [4.78, 5) is 12.4. The largest absolute Gasteiger partial charge is 0.394 e. The molecule has 0 rings (SSSR count). The van der Waals surface area contributed by atoms with Crippen LogP contribution < -0.4 is 5.32 Å². The smallest absolute Gasteiger partial charge is 0.220 e. The van der Waals surface area contributed by atoms with Crippen LogP contribution in [0, 0.1) is 0 Å². The van der Waals surface area contributed by atoms with E-state index in [0.717, 1.165) is 44.9 Å². The van der Waals surface area contributed by atoms with Gasteiger partial charge in [-0.1, -0.05) is 199 Å². The molecule has 0 aliphatic rings. The first-order valence-electron chi connectivity index (χ1n) is 21.5. The quantitative estimate of drug-likeness (QED) is 0.0384. The van der Waals surface area contributed by atoms with Crippen molar-refractivity contribution in [1.82, 2.24) is 5.32 Å². The van der Waals surface area contributed by atoms with Crippen molar-refractivity contribution < 1.29 is 20.1 Å². The van der Waals surface area contributed by atoms with Crippen molar-refractivity contribution in [1.29, 1.82) is 0 Å². The van der Waals surface area contributed by atoms with Gasteiger partial charge in [0.05, 0.1) is 18.8 Å². The second-order valence-corrected chi connectivity index (χ2v) is 14.9. The topological polar surface area (TPSA) is 89.8 Å². The zero-order valence-corrected chi connectivity index (χ0v) is 32.4. The molecule has 48 heavy (non-hydrogen) atoms. The molecule has 0 aromatic heterocycles. The van der Waals surface area contributed by atoms with Crippen LogP contribution in [0.4, 0.5) is 0 Å². The minimum absolute atomic E-state index is 0.164. The number of aliphatic hydroxyl groups is 3. The number of nitrogens with one attached hydrogen (secondary N) is 1. The number of carbonyl (C=O) groups excluding carboxylic acids is 1. The fraction of sp³-hybridized carbons (Fsp3) is 0.930. The fourth-order valence-electron chi connectivity index (χ4n) is 6.75. The Balaban J connectivity index is 3.63. The molecule has 1 amide bonds. The third-order valence-electron chi connectivity index (χ3n) is 10.1. The number of hydrogen-bond acceptors (Lipinski definition) is 4. The summed E-state index contributed by atoms with van der Waals surface area (Å²) in [5, 5.41) is 33.4. The first-order chi connectivity index (χ1) is 23.6. The zero-order chi connectivity index (χ0) is 35.2. The lowest BCUT2D eigenvalue weighted by Gasteiger charge is -2.26. The van der Waals surface area contributed by atoms with Gasteiger partial charge in [0.1, 0.15) is 6.10 Å². The molecule has 0 bridgehead atoms. The summed E-state index contributed by atoms with van der Waals surface area (Å²) >= 11 is 0. The maximum Gasteiger partial charge on any atom is 0.220 e. The zero-order valence-electron chi connectivity index (χ0n) is 32.4. The highest BCUT2D eigenvalue weighted by Crippen LogP contribution is 2.16. The molecule has 0 heterocycles. The van der Waals surface area contributed by atoms with Gasteiger partial charge in [-0.05, 0) is 38.5 Å². The maximum absolute atomic E-state index is 12.4. The molecule has 0 radical (unpaired) electrons. The first-order valence-corrected chi connectivity index (χ1v) is 21.5. The third kappa shape index (κ3) is 33.6. The van der Waals surface area contributed by atoms with Crippen LogP contribution in [0.1, 0.15) is 232 Å². The second kappa shape index (κ2) is 38.9. The highest BCUT2D eigenvalue weighted by molar-refractivity contribution is 5.76. The Morgan fingerprint density at radius 1 is 0.500 bits per heavy atom. The fourth-order valence-corrected chi connectivity index (χ4v) is 6.75. The first kappa shape index (κ1) is 47.1. The van der Waals surface area contributed by atoms with Gasteiger partial charge in [-0.3, -0.25) is 4.79 Å². The van der Waals surface area contributed by atoms with Gasteiger partial charge in [0.2, 0.25) is 5.91 Å². The van der Waals surface area contributed by atoms with Crippen LogP contribution in [-0.4, -0.2) is 46.1 Å². The van der Waals surface area contributed by atoms with Crippen molar-refractivity contribution in [2.45, 2.75) is 250 Å². The third-order valence-corrected chi connectivity index (χ3v) is 10.1. The van der Waals surface area contributed by atoms with E-state index in [4.69, 9.17) is 0 Å². The molecule has 0 saturated carbocycles. The van der Waals surface area contributed by atoms with E-state index in [9.17, 15) is 20.1 Å². The molecular formula is C43H85NO4. The number of unbranched alkanes of at least 4 members (excludes halogenated alkanes) is 29. The molecule has 0 spiro atoms. The van der Waals surface area contributed by atoms with Gasteiger partial charge in [0.25, 0.3) is 0 Å². The lowest BCUT2D eigenvalue weighted by atomic mass is 9.99. The summed E-state index contributed by atoms with van der Waals surface area (Å²) in [6.07, 6.45) is 44.6. The van der Waals surface area contributed by atoms with E-state index >= 15 is 0 Å². The van der Waals surface area contributed by atoms with Gasteiger partial charge in [0, 0.05) is 6.42 Å². The molecule has 0 aliphatic heterocycles. The molecule has 0 saturated heterocycles. The number of aliphatic hydroxyl groups excluding tert-OH is 3. The molecule has 5 nitrogen and oxygen atoms in total. The van der Waals surface area contributed by atoms with E-state index in [1.54, 1.807) is 0 Å². The van der Waals surface area contributed by atoms with Gasteiger partial charge in [-0.15, -0.1) is 0 Å². The van der Waals surface area contributed by atoms with E-state index in [-0.39, 0.29) is 12.5 Å². The Morgan fingerprint density at radius 3 is 1.21 bits per heavy atom. The normalized spacial score (nSPS) is 13.7. The monoisotopic (exact) mass is 680 g/mol. The summed E-state index contributed by atoms with van der Waals surface area (Å²) in [7, 11) is 0. The Morgan fingerprint density at radius 2 is 0.833 bits per heavy atom. The van der Waals surface area contributed by atoms with Gasteiger partial charge in [0.15, 0.2) is 0 Å². The molecule has 0 aliphatic carbocycles. The van der Waals surface area contributed by atoms with Crippen molar-refractivity contribution in [2.24, 2.45) is 0 Å². The predicted molar refractivity (Wildman–Crippen MR) is 208 cm³/mol. The number of rotatable bonds is 39. The minimum atomic E-state index is -1.14. The Labute approximate surface area is 299 Å². The van der Waals surface area contributed by atoms with E-state index in [1.165, 1.54) is 161 Å². The summed E-state index contributed by atoms with van der Waals surface area (Å²) < 4.78 is 0. The van der Waals surface area contributed by atoms with E-state index in [0.29, 0.717) is 12.8 Å². The number of hydrogen-bond donors (Lipinski definition) is 4. The van der Waals surface area contributed by atoms with E-state index in [1.807, 2.05) is 0 Å². The van der Waals surface area contributed by atoms with Crippen LogP contribution >= 0.6 is 0 Å². The van der Waals surface area contributed by atoms with Crippen molar-refractivity contribution >= 4 is 5.91 Å². The van der Waals surface area contributed by atoms with Gasteiger partial charge < -0.3 is 20.6 Å². The molecule has 3 atom stereocenters. The SMILES string of the molecule is CCCCCCCCCCCCCCCCCC=CCCCCC(=O)NC(CO)C(O)C(O)CCCCCCCCCCCCCCC. The lowest BCUT2D eigenvalue weighted by molar-refractivity contribution is -0.124. The van der Waals surface area contributed by atoms with Crippen molar-refractivity contribution in [3.8, 4) is 0 Å². The Kier molecular flexibility index (Phi) is 38.1. The summed E-state index contributed by atoms with van der Waals surface area (Å²) in [6.45, 7) is 4.18. The average molecular weight is 680 g/mol. The molecule has 286 valence electrons. The van der Waals surface area contributed by atoms with Gasteiger partial charge in [-0.25, -0.2) is 0 Å². The molecule has 5 heteroatoms. The van der Waals surface area contributed by atoms with Gasteiger partial charge >= 0.3 is 0 Å². The lowest BCUT2D eigenvalue weighted by Crippen LogP contribution is -2.50. The van der Waals surface area contributed by atoms with E-state index in [2.05, 4.69) is 31.3 Å². The maximum atomic E-state index is 12.4. The number of amides is 1. The second-order valence-electron chi connectivity index (χ2n) is 14.9. The van der Waals surface area contributed by atoms with Gasteiger partial charge in [-0.2, -0.15) is 0 Å². The minimum Gasteiger partial charge on any atom is -0.394 e. The highest BCUT2D eigenvalue weighted by Gasteiger charge is 2.26. The van der Waals surface area contributed by atoms with Crippen LogP contribution in [0.2, 0.25) is 0 Å². The summed E-state index contributed by atoms with van der Waals surface area (Å²) in [5.74, 6) is -0.164. The molecule has 0 aromatic rings. The van der Waals surface area contributed by atoms with Crippen molar-refractivity contribution in [3.63, 3.8) is 0 Å². The molecule has 3 unspecified atom stereocenters. The van der Waals surface area contributed by atoms with E-state index < -0.39 is 18.2 Å². The van der Waals surface area contributed by atoms with Crippen LogP contribution in [0.5, 0.6) is 0 Å². The van der Waals surface area contributed by atoms with Crippen LogP contribution in [-0.2, 0) is 4.79 Å². The standard InChI is InChI=1S/C43H85NO4/c1-3-5-7-9-11-13-15-17-18-19-20-21-22-23-24-26-28-30-32-34-36-38-42(47)44-40(39-45)43(48)41(46)37-35-33-31-29-27-25-16-14-12-10-8-6-4-2/h28,30,40-41,43,45-46,48H,3-27,29,31-39H2,1-2H3,(H,44,47). The molecule has 0 fully saturated rings. The highest BCUT2D eigenvalue weighted by atomic mass is 16.3.